The molecule has 0 amide bonds. The molecule has 2 nitrogen and oxygen atoms in total. The Hall–Kier alpha value is -0.860. The molecular formula is C15H24N2. The standard InChI is InChI=1S/C15H24N2/c16-13-15-10-6-12-17(15)11-5-4-9-14-7-2-1-3-8-14/h1-3,7-8,15H,4-6,9-13,16H2/t15-/m0/s1. The van der Waals surface area contributed by atoms with Crippen LogP contribution >= 0.6 is 0 Å². The van der Waals surface area contributed by atoms with Crippen molar-refractivity contribution >= 4 is 0 Å². The number of aryl methyl sites for hydroxylation is 1. The molecule has 0 bridgehead atoms. The van der Waals surface area contributed by atoms with E-state index in [0.717, 1.165) is 6.54 Å². The van der Waals surface area contributed by atoms with Crippen LogP contribution in [-0.4, -0.2) is 30.6 Å². The third kappa shape index (κ3) is 3.83. The summed E-state index contributed by atoms with van der Waals surface area (Å²) in [6.45, 7) is 3.32. The monoisotopic (exact) mass is 232 g/mol. The van der Waals surface area contributed by atoms with Crippen LogP contribution in [0.1, 0.15) is 31.2 Å². The molecule has 0 unspecified atom stereocenters. The smallest absolute Gasteiger partial charge is 0.0218 e. The van der Waals surface area contributed by atoms with Crippen LogP contribution in [0, 0.1) is 0 Å². The highest BCUT2D eigenvalue weighted by Crippen LogP contribution is 2.17. The second-order valence-corrected chi connectivity index (χ2v) is 5.01. The van der Waals surface area contributed by atoms with E-state index >= 15 is 0 Å². The maximum atomic E-state index is 5.78. The van der Waals surface area contributed by atoms with E-state index in [9.17, 15) is 0 Å². The summed E-state index contributed by atoms with van der Waals surface area (Å²) >= 11 is 0. The van der Waals surface area contributed by atoms with Gasteiger partial charge in [-0.25, -0.2) is 0 Å². The third-order valence-corrected chi connectivity index (χ3v) is 3.77. The molecular weight excluding hydrogens is 208 g/mol. The summed E-state index contributed by atoms with van der Waals surface area (Å²) in [5, 5.41) is 0. The van der Waals surface area contributed by atoms with Crippen LogP contribution in [0.3, 0.4) is 0 Å². The predicted molar refractivity (Wildman–Crippen MR) is 73.0 cm³/mol. The van der Waals surface area contributed by atoms with Crippen LogP contribution in [0.5, 0.6) is 0 Å². The van der Waals surface area contributed by atoms with E-state index in [4.69, 9.17) is 5.73 Å². The van der Waals surface area contributed by atoms with E-state index in [1.165, 1.54) is 50.8 Å². The summed E-state index contributed by atoms with van der Waals surface area (Å²) in [4.78, 5) is 2.57. The first-order chi connectivity index (χ1) is 8.40. The highest BCUT2D eigenvalue weighted by Gasteiger charge is 2.21. The summed E-state index contributed by atoms with van der Waals surface area (Å²) in [6, 6.07) is 11.4. The highest BCUT2D eigenvalue weighted by atomic mass is 15.2. The van der Waals surface area contributed by atoms with Crippen molar-refractivity contribution < 1.29 is 0 Å². The Morgan fingerprint density at radius 2 is 2.00 bits per heavy atom. The summed E-state index contributed by atoms with van der Waals surface area (Å²) in [5.41, 5.74) is 7.24. The minimum Gasteiger partial charge on any atom is -0.329 e. The Bertz CT molecular complexity index is 310. The fourth-order valence-corrected chi connectivity index (χ4v) is 2.75. The second-order valence-electron chi connectivity index (χ2n) is 5.01. The molecule has 1 aromatic rings. The van der Waals surface area contributed by atoms with Gasteiger partial charge in [-0.2, -0.15) is 0 Å². The van der Waals surface area contributed by atoms with Gasteiger partial charge in [-0.3, -0.25) is 4.90 Å². The van der Waals surface area contributed by atoms with Crippen molar-refractivity contribution in [2.75, 3.05) is 19.6 Å². The SMILES string of the molecule is NC[C@@H]1CCCN1CCCCc1ccccc1. The number of hydrogen-bond acceptors (Lipinski definition) is 2. The molecule has 94 valence electrons. The lowest BCUT2D eigenvalue weighted by molar-refractivity contribution is 0.253. The van der Waals surface area contributed by atoms with E-state index in [-0.39, 0.29) is 0 Å². The lowest BCUT2D eigenvalue weighted by Crippen LogP contribution is -2.36. The van der Waals surface area contributed by atoms with E-state index in [1.807, 2.05) is 0 Å². The molecule has 1 saturated heterocycles. The molecule has 1 heterocycles. The first-order valence-corrected chi connectivity index (χ1v) is 6.88. The number of hydrogen-bond donors (Lipinski definition) is 1. The molecule has 1 aromatic carbocycles. The van der Waals surface area contributed by atoms with Crippen LogP contribution in [0.15, 0.2) is 30.3 Å². The van der Waals surface area contributed by atoms with Crippen LogP contribution < -0.4 is 5.73 Å². The van der Waals surface area contributed by atoms with Crippen molar-refractivity contribution in [3.63, 3.8) is 0 Å². The molecule has 1 aliphatic rings. The number of likely N-dealkylation sites (tertiary alicyclic amines) is 1. The predicted octanol–water partition coefficient (Wildman–Crippen LogP) is 2.43. The van der Waals surface area contributed by atoms with Crippen molar-refractivity contribution in [3.05, 3.63) is 35.9 Å². The van der Waals surface area contributed by atoms with E-state index in [2.05, 4.69) is 35.2 Å². The Labute approximate surface area is 105 Å². The molecule has 0 radical (unpaired) electrons. The molecule has 1 fully saturated rings. The average Bonchev–Trinajstić information content (AvgIpc) is 2.83. The van der Waals surface area contributed by atoms with E-state index in [0.29, 0.717) is 6.04 Å². The van der Waals surface area contributed by atoms with Gasteiger partial charge in [0.1, 0.15) is 0 Å². The summed E-state index contributed by atoms with van der Waals surface area (Å²) in [5.74, 6) is 0. The number of benzene rings is 1. The zero-order chi connectivity index (χ0) is 11.9. The molecule has 0 aliphatic carbocycles. The highest BCUT2D eigenvalue weighted by molar-refractivity contribution is 5.14. The number of nitrogens with two attached hydrogens (primary N) is 1. The minimum absolute atomic E-state index is 0.659. The van der Waals surface area contributed by atoms with Gasteiger partial charge in [-0.05, 0) is 50.8 Å². The first kappa shape index (κ1) is 12.6. The Balaban J connectivity index is 1.63. The zero-order valence-electron chi connectivity index (χ0n) is 10.6. The molecule has 0 aromatic heterocycles. The maximum absolute atomic E-state index is 5.78. The first-order valence-electron chi connectivity index (χ1n) is 6.88. The number of unbranched alkanes of at least 4 members (excludes halogenated alkanes) is 1. The van der Waals surface area contributed by atoms with Crippen molar-refractivity contribution in [3.8, 4) is 0 Å². The molecule has 0 saturated carbocycles. The van der Waals surface area contributed by atoms with Crippen molar-refractivity contribution in [2.45, 2.75) is 38.1 Å². The molecule has 1 atom stereocenters. The quantitative estimate of drug-likeness (QED) is 0.763. The Morgan fingerprint density at radius 3 is 2.76 bits per heavy atom. The van der Waals surface area contributed by atoms with Gasteiger partial charge in [0.15, 0.2) is 0 Å². The summed E-state index contributed by atoms with van der Waals surface area (Å²) in [7, 11) is 0. The normalized spacial score (nSPS) is 20.9. The zero-order valence-corrected chi connectivity index (χ0v) is 10.6. The molecule has 17 heavy (non-hydrogen) atoms. The Kier molecular flexibility index (Phi) is 5.02. The van der Waals surface area contributed by atoms with Crippen LogP contribution in [0.2, 0.25) is 0 Å². The van der Waals surface area contributed by atoms with Gasteiger partial charge in [0, 0.05) is 12.6 Å². The van der Waals surface area contributed by atoms with Gasteiger partial charge in [0.2, 0.25) is 0 Å². The molecule has 2 heteroatoms. The average molecular weight is 232 g/mol. The molecule has 2 rings (SSSR count). The third-order valence-electron chi connectivity index (χ3n) is 3.77. The fraction of sp³-hybridized carbons (Fsp3) is 0.600. The van der Waals surface area contributed by atoms with E-state index < -0.39 is 0 Å². The second kappa shape index (κ2) is 6.77. The summed E-state index contributed by atoms with van der Waals surface area (Å²) < 4.78 is 0. The maximum Gasteiger partial charge on any atom is 0.0218 e. The van der Waals surface area contributed by atoms with E-state index in [1.54, 1.807) is 0 Å². The minimum atomic E-state index is 0.659. The van der Waals surface area contributed by atoms with Crippen LogP contribution in [-0.2, 0) is 6.42 Å². The number of rotatable bonds is 6. The van der Waals surface area contributed by atoms with Gasteiger partial charge < -0.3 is 5.73 Å². The number of nitrogens with zero attached hydrogens (tertiary/aromatic N) is 1. The summed E-state index contributed by atoms with van der Waals surface area (Å²) in [6.07, 6.45) is 6.43. The molecule has 2 N–H and O–H groups in total. The lowest BCUT2D eigenvalue weighted by Gasteiger charge is -2.22. The molecule has 0 spiro atoms. The van der Waals surface area contributed by atoms with Gasteiger partial charge in [0.05, 0.1) is 0 Å². The van der Waals surface area contributed by atoms with Gasteiger partial charge in [-0.1, -0.05) is 30.3 Å². The Morgan fingerprint density at radius 1 is 1.18 bits per heavy atom. The van der Waals surface area contributed by atoms with Crippen molar-refractivity contribution in [2.24, 2.45) is 5.73 Å². The van der Waals surface area contributed by atoms with Crippen molar-refractivity contribution in [1.29, 1.82) is 0 Å². The topological polar surface area (TPSA) is 29.3 Å². The van der Waals surface area contributed by atoms with Crippen LogP contribution in [0.25, 0.3) is 0 Å². The molecule has 1 aliphatic heterocycles. The van der Waals surface area contributed by atoms with Gasteiger partial charge in [0.25, 0.3) is 0 Å². The van der Waals surface area contributed by atoms with Crippen molar-refractivity contribution in [1.82, 2.24) is 4.90 Å². The lowest BCUT2D eigenvalue weighted by atomic mass is 10.1. The van der Waals surface area contributed by atoms with Gasteiger partial charge in [-0.15, -0.1) is 0 Å². The largest absolute Gasteiger partial charge is 0.329 e. The van der Waals surface area contributed by atoms with Gasteiger partial charge >= 0.3 is 0 Å². The van der Waals surface area contributed by atoms with Crippen LogP contribution in [0.4, 0.5) is 0 Å². The fourth-order valence-electron chi connectivity index (χ4n) is 2.75.